The summed E-state index contributed by atoms with van der Waals surface area (Å²) in [6.07, 6.45) is 1.53. The fourth-order valence-corrected chi connectivity index (χ4v) is 0.648. The molecule has 0 rings (SSSR count). The van der Waals surface area contributed by atoms with E-state index in [-0.39, 0.29) is 12.1 Å². The first-order chi connectivity index (χ1) is 6.16. The highest BCUT2D eigenvalue weighted by atomic mass is 16.5. The Morgan fingerprint density at radius 2 is 2.15 bits per heavy atom. The van der Waals surface area contributed by atoms with Crippen LogP contribution in [0.5, 0.6) is 0 Å². The smallest absolute Gasteiger partial charge is 0.303 e. The minimum Gasteiger partial charge on any atom is -0.450 e. The standard InChI is InChI=1S/C11H14O2/c1-4-5-6-7-8-9-10(2)13-11(3)12/h10H,4-5H2,1-3H3/t10-/m0/s1. The third kappa shape index (κ3) is 8.50. The normalized spacial score (nSPS) is 10.1. The summed E-state index contributed by atoms with van der Waals surface area (Å²) in [5, 5.41) is 0. The molecule has 0 aromatic carbocycles. The first-order valence-electron chi connectivity index (χ1n) is 4.32. The Balaban J connectivity index is 3.83. The van der Waals surface area contributed by atoms with Gasteiger partial charge < -0.3 is 4.74 Å². The first-order valence-corrected chi connectivity index (χ1v) is 4.32. The summed E-state index contributed by atoms with van der Waals surface area (Å²) < 4.78 is 4.78. The van der Waals surface area contributed by atoms with Gasteiger partial charge in [-0.3, -0.25) is 4.79 Å². The molecule has 0 N–H and O–H groups in total. The second kappa shape index (κ2) is 7.25. The molecule has 0 aromatic rings. The van der Waals surface area contributed by atoms with Gasteiger partial charge in [-0.25, -0.2) is 0 Å². The largest absolute Gasteiger partial charge is 0.450 e. The van der Waals surface area contributed by atoms with Crippen LogP contribution in [0.25, 0.3) is 0 Å². The number of esters is 1. The molecule has 0 aromatic heterocycles. The lowest BCUT2D eigenvalue weighted by Gasteiger charge is -2.01. The molecule has 0 unspecified atom stereocenters. The minimum atomic E-state index is -0.367. The molecular formula is C11H14O2. The average molecular weight is 178 g/mol. The average Bonchev–Trinajstić information content (AvgIpc) is 2.02. The molecule has 0 aliphatic heterocycles. The van der Waals surface area contributed by atoms with Crippen molar-refractivity contribution >= 4 is 5.97 Å². The topological polar surface area (TPSA) is 26.3 Å². The van der Waals surface area contributed by atoms with E-state index in [9.17, 15) is 4.79 Å². The van der Waals surface area contributed by atoms with E-state index in [4.69, 9.17) is 4.74 Å². The van der Waals surface area contributed by atoms with Gasteiger partial charge in [0.25, 0.3) is 0 Å². The van der Waals surface area contributed by atoms with Gasteiger partial charge in [0.1, 0.15) is 0 Å². The third-order valence-corrected chi connectivity index (χ3v) is 1.14. The van der Waals surface area contributed by atoms with E-state index in [1.165, 1.54) is 6.92 Å². The number of rotatable bonds is 2. The molecule has 0 amide bonds. The van der Waals surface area contributed by atoms with Crippen molar-refractivity contribution in [3.05, 3.63) is 0 Å². The van der Waals surface area contributed by atoms with Crippen LogP contribution in [0, 0.1) is 23.7 Å². The Kier molecular flexibility index (Phi) is 6.46. The maximum absolute atomic E-state index is 10.5. The van der Waals surface area contributed by atoms with Crippen LogP contribution in [-0.2, 0) is 9.53 Å². The number of hydrogen-bond acceptors (Lipinski definition) is 2. The molecular weight excluding hydrogens is 164 g/mol. The van der Waals surface area contributed by atoms with Crippen molar-refractivity contribution in [2.45, 2.75) is 39.7 Å². The van der Waals surface area contributed by atoms with Crippen LogP contribution in [0.1, 0.15) is 33.6 Å². The molecule has 0 fully saturated rings. The van der Waals surface area contributed by atoms with E-state index < -0.39 is 0 Å². The highest BCUT2D eigenvalue weighted by Gasteiger charge is 1.98. The highest BCUT2D eigenvalue weighted by molar-refractivity contribution is 5.66. The van der Waals surface area contributed by atoms with E-state index in [2.05, 4.69) is 30.6 Å². The van der Waals surface area contributed by atoms with Crippen LogP contribution in [0.2, 0.25) is 0 Å². The summed E-state index contributed by atoms with van der Waals surface area (Å²) in [6.45, 7) is 5.14. The van der Waals surface area contributed by atoms with E-state index in [0.29, 0.717) is 0 Å². The van der Waals surface area contributed by atoms with Gasteiger partial charge in [-0.2, -0.15) is 0 Å². The Hall–Kier alpha value is -1.41. The molecule has 0 heterocycles. The number of hydrogen-bond donors (Lipinski definition) is 0. The van der Waals surface area contributed by atoms with Crippen molar-refractivity contribution in [2.75, 3.05) is 0 Å². The summed E-state index contributed by atoms with van der Waals surface area (Å²) in [5.74, 6) is 10.6. The molecule has 0 saturated heterocycles. The summed E-state index contributed by atoms with van der Waals surface area (Å²) in [6, 6.07) is 0. The quantitative estimate of drug-likeness (QED) is 0.475. The molecule has 13 heavy (non-hydrogen) atoms. The van der Waals surface area contributed by atoms with Crippen LogP contribution in [0.4, 0.5) is 0 Å². The number of ether oxygens (including phenoxy) is 1. The Morgan fingerprint density at radius 3 is 2.69 bits per heavy atom. The van der Waals surface area contributed by atoms with Crippen molar-refractivity contribution in [2.24, 2.45) is 0 Å². The van der Waals surface area contributed by atoms with Gasteiger partial charge in [-0.05, 0) is 31.1 Å². The molecule has 0 radical (unpaired) electrons. The van der Waals surface area contributed by atoms with Gasteiger partial charge in [0.05, 0.1) is 0 Å². The number of carbonyl (C=O) groups excluding carboxylic acids is 1. The second-order valence-corrected chi connectivity index (χ2v) is 2.57. The predicted molar refractivity (Wildman–Crippen MR) is 51.7 cm³/mol. The van der Waals surface area contributed by atoms with E-state index in [1.807, 2.05) is 0 Å². The van der Waals surface area contributed by atoms with Crippen molar-refractivity contribution in [1.82, 2.24) is 0 Å². The Bertz CT molecular complexity index is 270. The molecule has 0 spiro atoms. The molecule has 2 heteroatoms. The summed E-state index contributed by atoms with van der Waals surface area (Å²) in [7, 11) is 0. The van der Waals surface area contributed by atoms with Crippen molar-refractivity contribution in [1.29, 1.82) is 0 Å². The number of unbranched alkanes of at least 4 members (excludes halogenated alkanes) is 1. The van der Waals surface area contributed by atoms with Crippen molar-refractivity contribution in [3.63, 3.8) is 0 Å². The number of carbonyl (C=O) groups is 1. The maximum Gasteiger partial charge on any atom is 0.303 e. The molecule has 0 aliphatic rings. The van der Waals surface area contributed by atoms with Gasteiger partial charge in [0, 0.05) is 13.3 Å². The van der Waals surface area contributed by atoms with Crippen molar-refractivity contribution < 1.29 is 9.53 Å². The van der Waals surface area contributed by atoms with Crippen LogP contribution in [0.3, 0.4) is 0 Å². The van der Waals surface area contributed by atoms with Crippen LogP contribution >= 0.6 is 0 Å². The van der Waals surface area contributed by atoms with Gasteiger partial charge in [0.2, 0.25) is 0 Å². The van der Waals surface area contributed by atoms with Crippen LogP contribution in [0.15, 0.2) is 0 Å². The summed E-state index contributed by atoms with van der Waals surface area (Å²) in [4.78, 5) is 10.5. The summed E-state index contributed by atoms with van der Waals surface area (Å²) in [5.41, 5.74) is 0. The fourth-order valence-electron chi connectivity index (χ4n) is 0.648. The molecule has 2 nitrogen and oxygen atoms in total. The van der Waals surface area contributed by atoms with Crippen molar-refractivity contribution in [3.8, 4) is 23.7 Å². The molecule has 1 atom stereocenters. The second-order valence-electron chi connectivity index (χ2n) is 2.57. The zero-order valence-corrected chi connectivity index (χ0v) is 8.31. The third-order valence-electron chi connectivity index (χ3n) is 1.14. The van der Waals surface area contributed by atoms with E-state index in [1.54, 1.807) is 6.92 Å². The Morgan fingerprint density at radius 1 is 1.46 bits per heavy atom. The predicted octanol–water partition coefficient (Wildman–Crippen LogP) is 1.74. The fraction of sp³-hybridized carbons (Fsp3) is 0.545. The molecule has 0 saturated carbocycles. The zero-order valence-electron chi connectivity index (χ0n) is 8.31. The zero-order chi connectivity index (χ0) is 10.1. The molecule has 0 aliphatic carbocycles. The highest BCUT2D eigenvalue weighted by Crippen LogP contribution is 1.87. The van der Waals surface area contributed by atoms with Gasteiger partial charge in [0.15, 0.2) is 6.10 Å². The van der Waals surface area contributed by atoms with E-state index >= 15 is 0 Å². The first kappa shape index (κ1) is 11.6. The van der Waals surface area contributed by atoms with Gasteiger partial charge >= 0.3 is 5.97 Å². The minimum absolute atomic E-state index is 0.316. The molecule has 70 valence electrons. The lowest BCUT2D eigenvalue weighted by Crippen LogP contribution is -2.09. The SMILES string of the molecule is CCCC#CC#C[C@H](C)OC(C)=O. The molecule has 0 bridgehead atoms. The monoisotopic (exact) mass is 178 g/mol. The van der Waals surface area contributed by atoms with E-state index in [0.717, 1.165) is 12.8 Å². The van der Waals surface area contributed by atoms with Crippen LogP contribution < -0.4 is 0 Å². The Labute approximate surface area is 79.7 Å². The lowest BCUT2D eigenvalue weighted by molar-refractivity contribution is -0.143. The maximum atomic E-state index is 10.5. The van der Waals surface area contributed by atoms with Crippen LogP contribution in [-0.4, -0.2) is 12.1 Å². The van der Waals surface area contributed by atoms with Gasteiger partial charge in [-0.1, -0.05) is 12.8 Å². The lowest BCUT2D eigenvalue weighted by atomic mass is 10.3. The van der Waals surface area contributed by atoms with Gasteiger partial charge in [-0.15, -0.1) is 0 Å². The summed E-state index contributed by atoms with van der Waals surface area (Å²) >= 11 is 0.